The Labute approximate surface area is 217 Å². The summed E-state index contributed by atoms with van der Waals surface area (Å²) in [5.41, 5.74) is 2.40. The lowest BCUT2D eigenvalue weighted by Crippen LogP contribution is -2.61. The fourth-order valence-electron chi connectivity index (χ4n) is 4.75. The van der Waals surface area contributed by atoms with Crippen molar-refractivity contribution in [1.29, 1.82) is 0 Å². The number of rotatable bonds is 6. The molecular weight excluding hydrogens is 524 g/mol. The Morgan fingerprint density at radius 2 is 1.86 bits per heavy atom. The van der Waals surface area contributed by atoms with E-state index in [4.69, 9.17) is 4.74 Å². The fraction of sp³-hybridized carbons (Fsp3) is 0.296. The van der Waals surface area contributed by atoms with E-state index in [2.05, 4.69) is 27.8 Å². The van der Waals surface area contributed by atoms with E-state index < -0.39 is 0 Å². The zero-order chi connectivity index (χ0) is 25.2. The van der Waals surface area contributed by atoms with Gasteiger partial charge in [-0.3, -0.25) is 14.4 Å². The molecule has 0 radical (unpaired) electrons. The molecule has 2 aromatic carbocycles. The van der Waals surface area contributed by atoms with E-state index in [9.17, 15) is 14.4 Å². The lowest BCUT2D eigenvalue weighted by atomic mass is 10.1. The van der Waals surface area contributed by atoms with Crippen LogP contribution < -0.4 is 5.32 Å². The molecule has 1 aromatic heterocycles. The van der Waals surface area contributed by atoms with Crippen LogP contribution in [0.4, 0.5) is 0 Å². The van der Waals surface area contributed by atoms with E-state index >= 15 is 0 Å². The third-order valence-electron chi connectivity index (χ3n) is 6.65. The zero-order valence-electron chi connectivity index (χ0n) is 19.7. The number of hydrogen-bond acceptors (Lipinski definition) is 4. The van der Waals surface area contributed by atoms with E-state index in [-0.39, 0.29) is 36.4 Å². The molecule has 2 fully saturated rings. The fourth-order valence-corrected chi connectivity index (χ4v) is 5.11. The van der Waals surface area contributed by atoms with Gasteiger partial charge in [-0.25, -0.2) is 0 Å². The minimum absolute atomic E-state index is 0.0765. The van der Waals surface area contributed by atoms with Crippen LogP contribution in [0.2, 0.25) is 0 Å². The highest BCUT2D eigenvalue weighted by atomic mass is 79.9. The second-order valence-electron chi connectivity index (χ2n) is 9.07. The van der Waals surface area contributed by atoms with E-state index in [1.54, 1.807) is 11.1 Å². The Kier molecular flexibility index (Phi) is 6.93. The summed E-state index contributed by atoms with van der Waals surface area (Å²) in [6, 6.07) is 15.5. The van der Waals surface area contributed by atoms with Crippen LogP contribution in [-0.4, -0.2) is 70.9 Å². The molecule has 2 aliphatic rings. The molecule has 36 heavy (non-hydrogen) atoms. The third-order valence-corrected chi connectivity index (χ3v) is 7.14. The van der Waals surface area contributed by atoms with E-state index in [1.807, 2.05) is 58.0 Å². The maximum Gasteiger partial charge on any atom is 0.256 e. The van der Waals surface area contributed by atoms with Crippen molar-refractivity contribution in [3.8, 4) is 0 Å². The van der Waals surface area contributed by atoms with Gasteiger partial charge in [0, 0.05) is 41.2 Å². The average Bonchev–Trinajstić information content (AvgIpc) is 3.22. The first-order valence-electron chi connectivity index (χ1n) is 11.9. The number of carbonyl (C=O) groups excluding carboxylic acids is 3. The number of amides is 3. The minimum Gasteiger partial charge on any atom is -0.370 e. The highest BCUT2D eigenvalue weighted by Crippen LogP contribution is 2.29. The Balaban J connectivity index is 1.33. The number of halogens is 1. The van der Waals surface area contributed by atoms with Crippen molar-refractivity contribution in [2.24, 2.45) is 0 Å². The number of fused-ring (bicyclic) bond motifs is 1. The summed E-state index contributed by atoms with van der Waals surface area (Å²) < 4.78 is 8.61. The first kappa shape index (κ1) is 24.3. The molecule has 3 heterocycles. The standard InChI is InChI=1S/C27H27BrN4O4/c1-2-26(34)32-13-20(14-32)29-25(33)17-31-15-22(21-12-19(28)8-9-23(21)31)27(35)30-10-11-36-24(16-30)18-6-4-3-5-7-18/h2-9,12,15,20,24H,1,10-11,13-14,16-17H2,(H,29,33). The summed E-state index contributed by atoms with van der Waals surface area (Å²) in [5, 5.41) is 3.75. The highest BCUT2D eigenvalue weighted by Gasteiger charge is 2.31. The number of hydrogen-bond donors (Lipinski definition) is 1. The Morgan fingerprint density at radius 1 is 1.08 bits per heavy atom. The number of morpholine rings is 1. The van der Waals surface area contributed by atoms with Gasteiger partial charge >= 0.3 is 0 Å². The van der Waals surface area contributed by atoms with E-state index in [0.717, 1.165) is 20.9 Å². The first-order chi connectivity index (χ1) is 17.4. The summed E-state index contributed by atoms with van der Waals surface area (Å²) in [6.45, 7) is 5.94. The summed E-state index contributed by atoms with van der Waals surface area (Å²) in [4.78, 5) is 41.5. The molecule has 8 nitrogen and oxygen atoms in total. The minimum atomic E-state index is -0.176. The van der Waals surface area contributed by atoms with Gasteiger partial charge in [-0.15, -0.1) is 0 Å². The number of ether oxygens (including phenoxy) is 1. The van der Waals surface area contributed by atoms with Crippen LogP contribution in [0.25, 0.3) is 10.9 Å². The maximum atomic E-state index is 13.7. The second kappa shape index (κ2) is 10.3. The Hall–Kier alpha value is -3.43. The predicted octanol–water partition coefficient (Wildman–Crippen LogP) is 3.13. The van der Waals surface area contributed by atoms with Crippen molar-refractivity contribution in [1.82, 2.24) is 19.7 Å². The molecule has 2 aliphatic heterocycles. The summed E-state index contributed by atoms with van der Waals surface area (Å²) >= 11 is 3.51. The van der Waals surface area contributed by atoms with Crippen LogP contribution in [-0.2, 0) is 20.9 Å². The quantitative estimate of drug-likeness (QED) is 0.478. The van der Waals surface area contributed by atoms with Crippen molar-refractivity contribution < 1.29 is 19.1 Å². The van der Waals surface area contributed by atoms with Crippen molar-refractivity contribution in [3.05, 3.63) is 83.0 Å². The molecule has 1 atom stereocenters. The maximum absolute atomic E-state index is 13.7. The number of carbonyl (C=O) groups is 3. The molecule has 5 rings (SSSR count). The van der Waals surface area contributed by atoms with Gasteiger partial charge in [0.15, 0.2) is 0 Å². The molecule has 2 saturated heterocycles. The van der Waals surface area contributed by atoms with Crippen molar-refractivity contribution in [2.45, 2.75) is 18.7 Å². The van der Waals surface area contributed by atoms with Crippen LogP contribution in [0.15, 0.2) is 71.9 Å². The third kappa shape index (κ3) is 4.94. The summed E-state index contributed by atoms with van der Waals surface area (Å²) in [5.74, 6) is -0.387. The van der Waals surface area contributed by atoms with Crippen LogP contribution in [0.1, 0.15) is 22.0 Å². The van der Waals surface area contributed by atoms with Gasteiger partial charge in [0.05, 0.1) is 24.8 Å². The van der Waals surface area contributed by atoms with Gasteiger partial charge in [0.2, 0.25) is 11.8 Å². The summed E-state index contributed by atoms with van der Waals surface area (Å²) in [6.07, 6.45) is 2.86. The lowest BCUT2D eigenvalue weighted by molar-refractivity contribution is -0.133. The first-order valence-corrected chi connectivity index (χ1v) is 12.7. The van der Waals surface area contributed by atoms with Crippen molar-refractivity contribution in [2.75, 3.05) is 32.8 Å². The smallest absolute Gasteiger partial charge is 0.256 e. The molecule has 0 spiro atoms. The molecular formula is C27H27BrN4O4. The zero-order valence-corrected chi connectivity index (χ0v) is 21.3. The van der Waals surface area contributed by atoms with Crippen LogP contribution in [0, 0.1) is 0 Å². The highest BCUT2D eigenvalue weighted by molar-refractivity contribution is 9.10. The molecule has 9 heteroatoms. The van der Waals surface area contributed by atoms with Crippen LogP contribution in [0.5, 0.6) is 0 Å². The van der Waals surface area contributed by atoms with Crippen molar-refractivity contribution in [3.63, 3.8) is 0 Å². The SMILES string of the molecule is C=CC(=O)N1CC(NC(=O)Cn2cc(C(=O)N3CCOC(c4ccccc4)C3)c3cc(Br)ccc32)C1. The van der Waals surface area contributed by atoms with Gasteiger partial charge in [0.1, 0.15) is 12.6 Å². The largest absolute Gasteiger partial charge is 0.370 e. The average molecular weight is 551 g/mol. The molecule has 186 valence electrons. The molecule has 0 aliphatic carbocycles. The number of likely N-dealkylation sites (tertiary alicyclic amines) is 1. The number of nitrogens with zero attached hydrogens (tertiary/aromatic N) is 3. The van der Waals surface area contributed by atoms with Gasteiger partial charge in [0.25, 0.3) is 5.91 Å². The normalized spacial score (nSPS) is 18.1. The number of benzene rings is 2. The predicted molar refractivity (Wildman–Crippen MR) is 139 cm³/mol. The van der Waals surface area contributed by atoms with Gasteiger partial charge in [-0.1, -0.05) is 52.8 Å². The molecule has 3 amide bonds. The lowest BCUT2D eigenvalue weighted by Gasteiger charge is -2.38. The van der Waals surface area contributed by atoms with Crippen molar-refractivity contribution >= 4 is 44.6 Å². The van der Waals surface area contributed by atoms with E-state index in [0.29, 0.717) is 38.3 Å². The molecule has 0 bridgehead atoms. The summed E-state index contributed by atoms with van der Waals surface area (Å²) in [7, 11) is 0. The Bertz CT molecular complexity index is 1320. The molecule has 1 unspecified atom stereocenters. The number of nitrogens with one attached hydrogen (secondary N) is 1. The van der Waals surface area contributed by atoms with Gasteiger partial charge < -0.3 is 24.4 Å². The second-order valence-corrected chi connectivity index (χ2v) is 9.98. The molecule has 3 aromatic rings. The Morgan fingerprint density at radius 3 is 2.61 bits per heavy atom. The van der Waals surface area contributed by atoms with Crippen LogP contribution in [0.3, 0.4) is 0 Å². The topological polar surface area (TPSA) is 83.9 Å². The van der Waals surface area contributed by atoms with Gasteiger partial charge in [-0.05, 0) is 29.8 Å². The monoisotopic (exact) mass is 550 g/mol. The number of aromatic nitrogens is 1. The van der Waals surface area contributed by atoms with E-state index in [1.165, 1.54) is 6.08 Å². The van der Waals surface area contributed by atoms with Gasteiger partial charge in [-0.2, -0.15) is 0 Å². The molecule has 0 saturated carbocycles. The van der Waals surface area contributed by atoms with Crippen LogP contribution >= 0.6 is 15.9 Å². The molecule has 1 N–H and O–H groups in total.